The number of thioether (sulfide) groups is 1. The van der Waals surface area contributed by atoms with Gasteiger partial charge in [-0.05, 0) is 23.6 Å². The van der Waals surface area contributed by atoms with Crippen LogP contribution in [0.25, 0.3) is 21.7 Å². The minimum atomic E-state index is -2.64. The zero-order valence-corrected chi connectivity index (χ0v) is 13.9. The monoisotopic (exact) mass is 363 g/mol. The molecule has 0 N–H and O–H groups in total. The summed E-state index contributed by atoms with van der Waals surface area (Å²) in [5, 5.41) is 6.23. The fraction of sp³-hybridized carbons (Fsp3) is 0.125. The van der Waals surface area contributed by atoms with Gasteiger partial charge in [0.05, 0.1) is 21.6 Å². The maximum Gasteiger partial charge on any atom is 0.321 e. The van der Waals surface area contributed by atoms with E-state index in [0.29, 0.717) is 28.2 Å². The molecule has 0 saturated heterocycles. The Bertz CT molecular complexity index is 963. The van der Waals surface area contributed by atoms with Crippen molar-refractivity contribution < 1.29 is 13.3 Å². The second-order valence-electron chi connectivity index (χ2n) is 4.98. The maximum absolute atomic E-state index is 13.4. The molecule has 0 atom stereocenters. The van der Waals surface area contributed by atoms with Gasteiger partial charge in [0.15, 0.2) is 10.9 Å². The minimum Gasteiger partial charge on any atom is -0.355 e. The smallest absolute Gasteiger partial charge is 0.321 e. The fourth-order valence-electron chi connectivity index (χ4n) is 2.37. The molecule has 0 unspecified atom stereocenters. The fourth-order valence-corrected chi connectivity index (χ4v) is 3.93. The van der Waals surface area contributed by atoms with E-state index in [4.69, 9.17) is 4.52 Å². The molecule has 0 aliphatic heterocycles. The number of fused-ring (bicyclic) bond motifs is 1. The van der Waals surface area contributed by atoms with Gasteiger partial charge in [-0.3, -0.25) is 4.57 Å². The SMILES string of the molecule is FC(F)n1c(SCc2cc(-c3cccs3)on2)nc2ccccc21. The molecule has 0 saturated carbocycles. The predicted octanol–water partition coefficient (Wildman–Crippen LogP) is 5.44. The van der Waals surface area contributed by atoms with Gasteiger partial charge in [0.2, 0.25) is 0 Å². The molecule has 0 fully saturated rings. The summed E-state index contributed by atoms with van der Waals surface area (Å²) in [6.07, 6.45) is 0. The molecular formula is C16H11F2N3OS2. The van der Waals surface area contributed by atoms with Crippen LogP contribution in [-0.2, 0) is 5.75 Å². The summed E-state index contributed by atoms with van der Waals surface area (Å²) in [5.74, 6) is 1.09. The first-order valence-electron chi connectivity index (χ1n) is 7.10. The lowest BCUT2D eigenvalue weighted by Crippen LogP contribution is -2.00. The van der Waals surface area contributed by atoms with Crippen molar-refractivity contribution in [3.63, 3.8) is 0 Å². The number of hydrogen-bond acceptors (Lipinski definition) is 5. The van der Waals surface area contributed by atoms with Gasteiger partial charge in [-0.2, -0.15) is 8.78 Å². The van der Waals surface area contributed by atoms with Crippen molar-refractivity contribution in [2.24, 2.45) is 0 Å². The van der Waals surface area contributed by atoms with E-state index in [2.05, 4.69) is 10.1 Å². The summed E-state index contributed by atoms with van der Waals surface area (Å²) in [4.78, 5) is 5.28. The Hall–Kier alpha value is -2.19. The Morgan fingerprint density at radius 2 is 2.08 bits per heavy atom. The number of nitrogens with zero attached hydrogens (tertiary/aromatic N) is 3. The third-order valence-corrected chi connectivity index (χ3v) is 5.30. The number of alkyl halides is 2. The standard InChI is InChI=1S/C16H11F2N3OS2/c17-15(18)21-12-5-2-1-4-11(12)19-16(21)24-9-10-8-13(22-20-10)14-6-3-7-23-14/h1-8,15H,9H2. The number of benzene rings is 1. The van der Waals surface area contributed by atoms with E-state index >= 15 is 0 Å². The molecule has 0 amide bonds. The molecule has 0 aliphatic carbocycles. The van der Waals surface area contributed by atoms with Crippen LogP contribution in [0.3, 0.4) is 0 Å². The number of rotatable bonds is 5. The first kappa shape index (κ1) is 15.3. The molecule has 0 radical (unpaired) electrons. The Labute approximate surface area is 144 Å². The van der Waals surface area contributed by atoms with Crippen LogP contribution in [0.15, 0.2) is 57.5 Å². The Morgan fingerprint density at radius 3 is 2.88 bits per heavy atom. The number of aromatic nitrogens is 3. The van der Waals surface area contributed by atoms with E-state index in [9.17, 15) is 8.78 Å². The largest absolute Gasteiger partial charge is 0.355 e. The lowest BCUT2D eigenvalue weighted by Gasteiger charge is -2.06. The molecule has 4 nitrogen and oxygen atoms in total. The van der Waals surface area contributed by atoms with Gasteiger partial charge in [-0.15, -0.1) is 11.3 Å². The lowest BCUT2D eigenvalue weighted by molar-refractivity contribution is 0.0656. The van der Waals surface area contributed by atoms with E-state index in [1.165, 1.54) is 11.8 Å². The minimum absolute atomic E-state index is 0.270. The van der Waals surface area contributed by atoms with Crippen LogP contribution in [0.2, 0.25) is 0 Å². The maximum atomic E-state index is 13.4. The third-order valence-electron chi connectivity index (χ3n) is 3.43. The zero-order chi connectivity index (χ0) is 16.5. The molecule has 0 spiro atoms. The Morgan fingerprint density at radius 1 is 1.21 bits per heavy atom. The Kier molecular flexibility index (Phi) is 4.07. The summed E-state index contributed by atoms with van der Waals surface area (Å²) in [6.45, 7) is -2.64. The second kappa shape index (κ2) is 6.37. The van der Waals surface area contributed by atoms with Crippen molar-refractivity contribution in [1.29, 1.82) is 0 Å². The molecular weight excluding hydrogens is 352 g/mol. The molecule has 3 aromatic heterocycles. The Balaban J connectivity index is 1.58. The van der Waals surface area contributed by atoms with Crippen molar-refractivity contribution in [2.45, 2.75) is 17.5 Å². The van der Waals surface area contributed by atoms with Crippen LogP contribution in [0.1, 0.15) is 12.2 Å². The van der Waals surface area contributed by atoms with Gasteiger partial charge in [0.1, 0.15) is 0 Å². The van der Waals surface area contributed by atoms with Crippen LogP contribution in [0, 0.1) is 0 Å². The number of halogens is 2. The van der Waals surface area contributed by atoms with Crippen LogP contribution in [0.4, 0.5) is 8.78 Å². The number of hydrogen-bond donors (Lipinski definition) is 0. The highest BCUT2D eigenvalue weighted by atomic mass is 32.2. The topological polar surface area (TPSA) is 43.9 Å². The van der Waals surface area contributed by atoms with Crippen molar-refractivity contribution in [3.8, 4) is 10.6 Å². The molecule has 0 bridgehead atoms. The zero-order valence-electron chi connectivity index (χ0n) is 12.2. The highest BCUT2D eigenvalue weighted by Gasteiger charge is 2.18. The average molecular weight is 363 g/mol. The molecule has 4 rings (SSSR count). The van der Waals surface area contributed by atoms with E-state index in [1.54, 1.807) is 35.6 Å². The summed E-state index contributed by atoms with van der Waals surface area (Å²) < 4.78 is 33.0. The third kappa shape index (κ3) is 2.83. The van der Waals surface area contributed by atoms with Crippen molar-refractivity contribution in [2.75, 3.05) is 0 Å². The van der Waals surface area contributed by atoms with Gasteiger partial charge >= 0.3 is 6.55 Å². The van der Waals surface area contributed by atoms with Gasteiger partial charge in [0, 0.05) is 11.8 Å². The molecule has 4 aromatic rings. The number of para-hydroxylation sites is 2. The van der Waals surface area contributed by atoms with E-state index in [1.807, 2.05) is 23.6 Å². The quantitative estimate of drug-likeness (QED) is 0.443. The van der Waals surface area contributed by atoms with Crippen molar-refractivity contribution >= 4 is 34.1 Å². The van der Waals surface area contributed by atoms with E-state index in [0.717, 1.165) is 9.44 Å². The summed E-state index contributed by atoms with van der Waals surface area (Å²) in [7, 11) is 0. The van der Waals surface area contributed by atoms with Crippen LogP contribution < -0.4 is 0 Å². The molecule has 8 heteroatoms. The summed E-state index contributed by atoms with van der Waals surface area (Å²) >= 11 is 2.77. The van der Waals surface area contributed by atoms with Crippen LogP contribution >= 0.6 is 23.1 Å². The van der Waals surface area contributed by atoms with Crippen LogP contribution in [-0.4, -0.2) is 14.7 Å². The normalized spacial score (nSPS) is 11.6. The van der Waals surface area contributed by atoms with E-state index < -0.39 is 6.55 Å². The molecule has 0 aliphatic rings. The number of imidazole rings is 1. The lowest BCUT2D eigenvalue weighted by atomic mass is 10.3. The van der Waals surface area contributed by atoms with Gasteiger partial charge in [-0.1, -0.05) is 35.1 Å². The predicted molar refractivity (Wildman–Crippen MR) is 90.4 cm³/mol. The first-order valence-corrected chi connectivity index (χ1v) is 8.96. The average Bonchev–Trinajstić information content (AvgIpc) is 3.30. The van der Waals surface area contributed by atoms with Crippen LogP contribution in [0.5, 0.6) is 0 Å². The highest BCUT2D eigenvalue weighted by molar-refractivity contribution is 7.98. The molecule has 24 heavy (non-hydrogen) atoms. The molecule has 3 heterocycles. The van der Waals surface area contributed by atoms with Crippen molar-refractivity contribution in [1.82, 2.24) is 14.7 Å². The second-order valence-corrected chi connectivity index (χ2v) is 6.87. The van der Waals surface area contributed by atoms with Gasteiger partial charge < -0.3 is 4.52 Å². The van der Waals surface area contributed by atoms with Gasteiger partial charge in [0.25, 0.3) is 0 Å². The van der Waals surface area contributed by atoms with E-state index in [-0.39, 0.29) is 5.16 Å². The highest BCUT2D eigenvalue weighted by Crippen LogP contribution is 2.32. The first-order chi connectivity index (χ1) is 11.7. The van der Waals surface area contributed by atoms with Crippen molar-refractivity contribution in [3.05, 3.63) is 53.5 Å². The molecule has 122 valence electrons. The number of thiophene rings is 1. The van der Waals surface area contributed by atoms with Gasteiger partial charge in [-0.25, -0.2) is 4.98 Å². The summed E-state index contributed by atoms with van der Waals surface area (Å²) in [6, 6.07) is 12.6. The summed E-state index contributed by atoms with van der Waals surface area (Å²) in [5.41, 5.74) is 1.67. The molecule has 1 aromatic carbocycles.